The molecule has 0 spiro atoms. The topological polar surface area (TPSA) is 68.0 Å². The summed E-state index contributed by atoms with van der Waals surface area (Å²) in [5, 5.41) is 0.435. The molecule has 1 aromatic carbocycles. The van der Waals surface area contributed by atoms with Crippen LogP contribution in [0.4, 0.5) is 0 Å². The second-order valence-electron chi connectivity index (χ2n) is 3.69. The molecule has 0 radical (unpaired) electrons. The summed E-state index contributed by atoms with van der Waals surface area (Å²) in [6.45, 7) is 0. The van der Waals surface area contributed by atoms with Crippen molar-refractivity contribution < 1.29 is 4.42 Å². The lowest BCUT2D eigenvalue weighted by atomic mass is 10.2. The Hall–Kier alpha value is -2.08. The van der Waals surface area contributed by atoms with Crippen LogP contribution in [0.25, 0.3) is 16.8 Å². The van der Waals surface area contributed by atoms with Gasteiger partial charge in [0.1, 0.15) is 0 Å². The molecule has 2 heterocycles. The highest BCUT2D eigenvalue weighted by molar-refractivity contribution is 9.10. The molecule has 0 saturated carbocycles. The van der Waals surface area contributed by atoms with Crippen LogP contribution in [-0.4, -0.2) is 9.55 Å². The highest BCUT2D eigenvalue weighted by Gasteiger charge is 2.11. The van der Waals surface area contributed by atoms with E-state index in [0.29, 0.717) is 15.6 Å². The molecule has 0 unspecified atom stereocenters. The molecular weight excluding hydrogens is 300 g/mol. The summed E-state index contributed by atoms with van der Waals surface area (Å²) in [6.07, 6.45) is 0. The summed E-state index contributed by atoms with van der Waals surface area (Å²) < 4.78 is 6.66. The van der Waals surface area contributed by atoms with Crippen molar-refractivity contribution in [1.29, 1.82) is 0 Å². The lowest BCUT2D eigenvalue weighted by molar-refractivity contribution is 0.506. The van der Waals surface area contributed by atoms with Gasteiger partial charge in [-0.1, -0.05) is 12.1 Å². The second-order valence-corrected chi connectivity index (χ2v) is 4.48. The van der Waals surface area contributed by atoms with Crippen LogP contribution in [0.15, 0.2) is 55.1 Å². The molecule has 0 bridgehead atoms. The van der Waals surface area contributed by atoms with E-state index in [1.807, 2.05) is 0 Å². The molecule has 0 amide bonds. The molecule has 6 heteroatoms. The Bertz CT molecular complexity index is 844. The van der Waals surface area contributed by atoms with Crippen LogP contribution in [0, 0.1) is 0 Å². The molecule has 18 heavy (non-hydrogen) atoms. The summed E-state index contributed by atoms with van der Waals surface area (Å²) >= 11 is 3.13. The van der Waals surface area contributed by atoms with Gasteiger partial charge in [-0.3, -0.25) is 4.79 Å². The molecule has 0 fully saturated rings. The van der Waals surface area contributed by atoms with Gasteiger partial charge in [-0.2, -0.15) is 4.57 Å². The minimum Gasteiger partial charge on any atom is -0.433 e. The van der Waals surface area contributed by atoms with Crippen LogP contribution in [0.2, 0.25) is 0 Å². The number of benzene rings is 1. The number of nitrogens with one attached hydrogen (secondary N) is 1. The van der Waals surface area contributed by atoms with Crippen LogP contribution in [0.3, 0.4) is 0 Å². The fourth-order valence-electron chi connectivity index (χ4n) is 1.79. The van der Waals surface area contributed by atoms with Crippen LogP contribution in [0.1, 0.15) is 0 Å². The zero-order valence-corrected chi connectivity index (χ0v) is 10.6. The van der Waals surface area contributed by atoms with Gasteiger partial charge in [-0.25, -0.2) is 4.79 Å². The molecule has 90 valence electrons. The highest BCUT2D eigenvalue weighted by Crippen LogP contribution is 2.15. The Morgan fingerprint density at radius 3 is 2.61 bits per heavy atom. The maximum absolute atomic E-state index is 12.2. The van der Waals surface area contributed by atoms with Crippen molar-refractivity contribution in [2.75, 3.05) is 0 Å². The lowest BCUT2D eigenvalue weighted by Gasteiger charge is -2.02. The SMILES string of the molecule is O=c1[nH]c2ccccc2c(=O)n1-c1ccc(Br)o1. The minimum atomic E-state index is -0.527. The van der Waals surface area contributed by atoms with Crippen LogP contribution >= 0.6 is 15.9 Å². The molecule has 3 aromatic rings. The van der Waals surface area contributed by atoms with Crippen LogP contribution < -0.4 is 11.2 Å². The van der Waals surface area contributed by atoms with Crippen molar-refractivity contribution in [1.82, 2.24) is 9.55 Å². The van der Waals surface area contributed by atoms with Gasteiger partial charge in [0.05, 0.1) is 10.9 Å². The molecule has 0 aliphatic rings. The maximum Gasteiger partial charge on any atom is 0.335 e. The van der Waals surface area contributed by atoms with E-state index in [9.17, 15) is 9.59 Å². The summed E-state index contributed by atoms with van der Waals surface area (Å²) in [5.74, 6) is 0.180. The molecule has 3 rings (SSSR count). The van der Waals surface area contributed by atoms with Gasteiger partial charge in [0.15, 0.2) is 4.67 Å². The molecular formula is C12H7BrN2O3. The van der Waals surface area contributed by atoms with Crippen molar-refractivity contribution in [3.05, 3.63) is 61.9 Å². The minimum absolute atomic E-state index is 0.180. The second kappa shape index (κ2) is 3.99. The number of para-hydroxylation sites is 1. The van der Waals surface area contributed by atoms with E-state index in [4.69, 9.17) is 4.42 Å². The van der Waals surface area contributed by atoms with Gasteiger partial charge in [-0.05, 0) is 34.1 Å². The summed E-state index contributed by atoms with van der Waals surface area (Å²) in [4.78, 5) is 26.8. The third kappa shape index (κ3) is 1.62. The first-order valence-corrected chi connectivity index (χ1v) is 5.96. The number of furan rings is 1. The fraction of sp³-hybridized carbons (Fsp3) is 0. The monoisotopic (exact) mass is 306 g/mol. The van der Waals surface area contributed by atoms with E-state index < -0.39 is 11.2 Å². The predicted octanol–water partition coefficient (Wildman–Crippen LogP) is 2.03. The number of halogens is 1. The standard InChI is InChI=1S/C12H7BrN2O3/c13-9-5-6-10(18-9)15-11(16)7-3-1-2-4-8(7)14-12(15)17/h1-6H,(H,14,17). The van der Waals surface area contributed by atoms with Crippen LogP contribution in [-0.2, 0) is 0 Å². The number of aromatic amines is 1. The van der Waals surface area contributed by atoms with Crippen molar-refractivity contribution in [2.24, 2.45) is 0 Å². The number of hydrogen-bond acceptors (Lipinski definition) is 3. The van der Waals surface area contributed by atoms with Gasteiger partial charge in [0, 0.05) is 6.07 Å². The van der Waals surface area contributed by atoms with Crippen molar-refractivity contribution in [3.63, 3.8) is 0 Å². The Balaban J connectivity index is 2.44. The quantitative estimate of drug-likeness (QED) is 0.748. The first kappa shape index (κ1) is 11.0. The first-order chi connectivity index (χ1) is 8.66. The average Bonchev–Trinajstić information content (AvgIpc) is 2.76. The van der Waals surface area contributed by atoms with Crippen LogP contribution in [0.5, 0.6) is 0 Å². The third-order valence-electron chi connectivity index (χ3n) is 2.58. The number of nitrogens with zero attached hydrogens (tertiary/aromatic N) is 1. The lowest BCUT2D eigenvalue weighted by Crippen LogP contribution is -2.33. The summed E-state index contributed by atoms with van der Waals surface area (Å²) in [5.41, 5.74) is -0.425. The molecule has 0 aliphatic carbocycles. The number of H-pyrrole nitrogens is 1. The number of hydrogen-bond donors (Lipinski definition) is 1. The van der Waals surface area contributed by atoms with Gasteiger partial charge in [0.2, 0.25) is 5.88 Å². The largest absolute Gasteiger partial charge is 0.433 e. The predicted molar refractivity (Wildman–Crippen MR) is 70.1 cm³/mol. The molecule has 1 N–H and O–H groups in total. The fourth-order valence-corrected chi connectivity index (χ4v) is 2.09. The number of fused-ring (bicyclic) bond motifs is 1. The van der Waals surface area contributed by atoms with Gasteiger partial charge in [-0.15, -0.1) is 0 Å². The van der Waals surface area contributed by atoms with E-state index in [1.165, 1.54) is 0 Å². The molecule has 2 aromatic heterocycles. The molecule has 0 saturated heterocycles. The summed E-state index contributed by atoms with van der Waals surface area (Å²) in [7, 11) is 0. The van der Waals surface area contributed by atoms with Crippen molar-refractivity contribution >= 4 is 26.8 Å². The third-order valence-corrected chi connectivity index (χ3v) is 3.01. The maximum atomic E-state index is 12.2. The molecule has 0 aliphatic heterocycles. The van der Waals surface area contributed by atoms with Crippen molar-refractivity contribution in [2.45, 2.75) is 0 Å². The average molecular weight is 307 g/mol. The zero-order chi connectivity index (χ0) is 12.7. The van der Waals surface area contributed by atoms with E-state index >= 15 is 0 Å². The zero-order valence-electron chi connectivity index (χ0n) is 9.01. The summed E-state index contributed by atoms with van der Waals surface area (Å²) in [6, 6.07) is 10.0. The first-order valence-electron chi connectivity index (χ1n) is 5.16. The van der Waals surface area contributed by atoms with Crippen molar-refractivity contribution in [3.8, 4) is 5.88 Å². The Labute approximate surface area is 109 Å². The van der Waals surface area contributed by atoms with Gasteiger partial charge in [0.25, 0.3) is 5.56 Å². The number of aromatic nitrogens is 2. The molecule has 5 nitrogen and oxygen atoms in total. The van der Waals surface area contributed by atoms with E-state index in [2.05, 4.69) is 20.9 Å². The molecule has 0 atom stereocenters. The smallest absolute Gasteiger partial charge is 0.335 e. The Morgan fingerprint density at radius 1 is 1.11 bits per heavy atom. The highest BCUT2D eigenvalue weighted by atomic mass is 79.9. The van der Waals surface area contributed by atoms with E-state index in [0.717, 1.165) is 4.57 Å². The van der Waals surface area contributed by atoms with E-state index in [-0.39, 0.29) is 5.88 Å². The van der Waals surface area contributed by atoms with Gasteiger partial charge < -0.3 is 9.40 Å². The Kier molecular flexibility index (Phi) is 2.45. The van der Waals surface area contributed by atoms with E-state index in [1.54, 1.807) is 36.4 Å². The normalized spacial score (nSPS) is 10.9. The number of rotatable bonds is 1. The van der Waals surface area contributed by atoms with Gasteiger partial charge >= 0.3 is 5.69 Å². The Morgan fingerprint density at radius 2 is 1.89 bits per heavy atom.